The average molecular weight is 349 g/mol. The molecule has 0 amide bonds. The summed E-state index contributed by atoms with van der Waals surface area (Å²) in [6.07, 6.45) is 0. The van der Waals surface area contributed by atoms with Gasteiger partial charge in [0.15, 0.2) is 0 Å². The monoisotopic (exact) mass is 348 g/mol. The Balaban J connectivity index is 1.77. The molecule has 0 aliphatic rings. The third kappa shape index (κ3) is 5.37. The molecule has 0 aromatic heterocycles. The van der Waals surface area contributed by atoms with Crippen molar-refractivity contribution < 1.29 is 23.8 Å². The molecule has 0 saturated carbocycles. The second kappa shape index (κ2) is 9.05. The number of benzene rings is 2. The van der Waals surface area contributed by atoms with E-state index in [1.165, 1.54) is 7.11 Å². The Morgan fingerprint density at radius 1 is 1.04 bits per heavy atom. The van der Waals surface area contributed by atoms with Gasteiger partial charge in [0.05, 0.1) is 19.3 Å². The highest BCUT2D eigenvalue weighted by Crippen LogP contribution is 2.15. The summed E-state index contributed by atoms with van der Waals surface area (Å²) in [5.74, 6) is -0.934. The quantitative estimate of drug-likeness (QED) is 0.718. The zero-order valence-electron chi connectivity index (χ0n) is 13.2. The van der Waals surface area contributed by atoms with Gasteiger partial charge in [-0.2, -0.15) is 0 Å². The molecule has 0 radical (unpaired) electrons. The van der Waals surface area contributed by atoms with Gasteiger partial charge in [-0.25, -0.2) is 9.59 Å². The van der Waals surface area contributed by atoms with Crippen molar-refractivity contribution in [3.05, 3.63) is 70.2 Å². The molecule has 2 aromatic rings. The molecule has 126 valence electrons. The van der Waals surface area contributed by atoms with Crippen molar-refractivity contribution in [3.8, 4) is 0 Å². The van der Waals surface area contributed by atoms with Crippen LogP contribution >= 0.6 is 11.6 Å². The number of carbonyl (C=O) groups excluding carboxylic acids is 2. The molecular weight excluding hydrogens is 332 g/mol. The highest BCUT2D eigenvalue weighted by atomic mass is 35.5. The molecule has 0 bridgehead atoms. The predicted molar refractivity (Wildman–Crippen MR) is 88.7 cm³/mol. The van der Waals surface area contributed by atoms with Crippen LogP contribution in [0.3, 0.4) is 0 Å². The maximum atomic E-state index is 11.7. The standard InChI is InChI=1S/C18H17ClO5/c1-22-18(21)14-7-4-5-13(9-14)10-24-17(20)12-23-11-15-6-2-3-8-16(15)19/h2-9H,10-12H2,1H3. The predicted octanol–water partition coefficient (Wildman–Crippen LogP) is 3.39. The lowest BCUT2D eigenvalue weighted by Crippen LogP contribution is -2.13. The molecule has 0 fully saturated rings. The number of carbonyl (C=O) groups is 2. The fourth-order valence-electron chi connectivity index (χ4n) is 1.97. The summed E-state index contributed by atoms with van der Waals surface area (Å²) in [4.78, 5) is 23.1. The van der Waals surface area contributed by atoms with E-state index < -0.39 is 11.9 Å². The summed E-state index contributed by atoms with van der Waals surface area (Å²) in [5.41, 5.74) is 1.90. The third-order valence-corrected chi connectivity index (χ3v) is 3.55. The molecule has 24 heavy (non-hydrogen) atoms. The number of hydrogen-bond acceptors (Lipinski definition) is 5. The van der Waals surface area contributed by atoms with E-state index >= 15 is 0 Å². The van der Waals surface area contributed by atoms with Crippen molar-refractivity contribution in [2.24, 2.45) is 0 Å². The highest BCUT2D eigenvalue weighted by molar-refractivity contribution is 6.31. The molecule has 0 aliphatic carbocycles. The molecule has 0 spiro atoms. The Labute approximate surface area is 145 Å². The van der Waals surface area contributed by atoms with Crippen LogP contribution in [0, 0.1) is 0 Å². The van der Waals surface area contributed by atoms with E-state index in [9.17, 15) is 9.59 Å². The Hall–Kier alpha value is -2.37. The largest absolute Gasteiger partial charge is 0.465 e. The number of esters is 2. The zero-order chi connectivity index (χ0) is 17.4. The van der Waals surface area contributed by atoms with Gasteiger partial charge in [0.25, 0.3) is 0 Å². The smallest absolute Gasteiger partial charge is 0.337 e. The first kappa shape index (κ1) is 18.0. The minimum atomic E-state index is -0.495. The normalized spacial score (nSPS) is 10.2. The Morgan fingerprint density at radius 2 is 1.83 bits per heavy atom. The van der Waals surface area contributed by atoms with E-state index in [0.29, 0.717) is 16.1 Å². The molecule has 0 aliphatic heterocycles. The molecule has 5 nitrogen and oxygen atoms in total. The van der Waals surface area contributed by atoms with Gasteiger partial charge in [0, 0.05) is 5.02 Å². The van der Waals surface area contributed by atoms with E-state index in [0.717, 1.165) is 5.56 Å². The van der Waals surface area contributed by atoms with Crippen LogP contribution in [0.5, 0.6) is 0 Å². The van der Waals surface area contributed by atoms with Crippen molar-refractivity contribution in [3.63, 3.8) is 0 Å². The second-order valence-electron chi connectivity index (χ2n) is 4.94. The van der Waals surface area contributed by atoms with Crippen molar-refractivity contribution in [1.82, 2.24) is 0 Å². The molecule has 0 atom stereocenters. The number of rotatable bonds is 7. The Morgan fingerprint density at radius 3 is 2.58 bits per heavy atom. The summed E-state index contributed by atoms with van der Waals surface area (Å²) >= 11 is 6.00. The molecule has 0 unspecified atom stereocenters. The summed E-state index contributed by atoms with van der Waals surface area (Å²) in [6.45, 7) is 0.105. The molecule has 6 heteroatoms. The lowest BCUT2D eigenvalue weighted by Gasteiger charge is -2.08. The van der Waals surface area contributed by atoms with Crippen molar-refractivity contribution >= 4 is 23.5 Å². The van der Waals surface area contributed by atoms with Crippen molar-refractivity contribution in [2.75, 3.05) is 13.7 Å². The summed E-state index contributed by atoms with van der Waals surface area (Å²) in [6, 6.07) is 13.9. The van der Waals surface area contributed by atoms with E-state index in [2.05, 4.69) is 4.74 Å². The first-order valence-corrected chi connectivity index (χ1v) is 7.62. The van der Waals surface area contributed by atoms with Crippen LogP contribution in [-0.2, 0) is 32.2 Å². The maximum Gasteiger partial charge on any atom is 0.337 e. The van der Waals surface area contributed by atoms with Crippen LogP contribution in [0.25, 0.3) is 0 Å². The van der Waals surface area contributed by atoms with Crippen LogP contribution in [0.2, 0.25) is 5.02 Å². The molecule has 2 aromatic carbocycles. The first-order chi connectivity index (χ1) is 11.6. The topological polar surface area (TPSA) is 61.8 Å². The highest BCUT2D eigenvalue weighted by Gasteiger charge is 2.08. The third-order valence-electron chi connectivity index (χ3n) is 3.18. The van der Waals surface area contributed by atoms with Gasteiger partial charge in [-0.05, 0) is 29.3 Å². The van der Waals surface area contributed by atoms with Gasteiger partial charge in [-0.15, -0.1) is 0 Å². The van der Waals surface area contributed by atoms with Gasteiger partial charge in [-0.3, -0.25) is 0 Å². The maximum absolute atomic E-state index is 11.7. The van der Waals surface area contributed by atoms with Crippen LogP contribution in [0.15, 0.2) is 48.5 Å². The first-order valence-electron chi connectivity index (χ1n) is 7.24. The number of halogens is 1. The molecule has 0 N–H and O–H groups in total. The van der Waals surface area contributed by atoms with E-state index in [4.69, 9.17) is 21.1 Å². The number of hydrogen-bond donors (Lipinski definition) is 0. The van der Waals surface area contributed by atoms with E-state index in [-0.39, 0.29) is 19.8 Å². The minimum Gasteiger partial charge on any atom is -0.465 e. The lowest BCUT2D eigenvalue weighted by atomic mass is 10.1. The van der Waals surface area contributed by atoms with E-state index in [1.807, 2.05) is 18.2 Å². The fraction of sp³-hybridized carbons (Fsp3) is 0.222. The van der Waals surface area contributed by atoms with Crippen LogP contribution < -0.4 is 0 Å². The SMILES string of the molecule is COC(=O)c1cccc(COC(=O)COCc2ccccc2Cl)c1. The average Bonchev–Trinajstić information content (AvgIpc) is 2.61. The van der Waals surface area contributed by atoms with Crippen LogP contribution in [-0.4, -0.2) is 25.7 Å². The molecular formula is C18H17ClO5. The van der Waals surface area contributed by atoms with Crippen molar-refractivity contribution in [2.45, 2.75) is 13.2 Å². The lowest BCUT2D eigenvalue weighted by molar-refractivity contribution is -0.150. The van der Waals surface area contributed by atoms with Gasteiger partial charge >= 0.3 is 11.9 Å². The van der Waals surface area contributed by atoms with Crippen LogP contribution in [0.4, 0.5) is 0 Å². The zero-order valence-corrected chi connectivity index (χ0v) is 13.9. The van der Waals surface area contributed by atoms with Gasteiger partial charge in [0.1, 0.15) is 13.2 Å². The van der Waals surface area contributed by atoms with E-state index in [1.54, 1.807) is 30.3 Å². The molecule has 0 heterocycles. The Kier molecular flexibility index (Phi) is 6.78. The molecule has 0 saturated heterocycles. The second-order valence-corrected chi connectivity index (χ2v) is 5.34. The Bertz CT molecular complexity index is 714. The molecule has 2 rings (SSSR count). The minimum absolute atomic E-state index is 0.0547. The fourth-order valence-corrected chi connectivity index (χ4v) is 2.16. The number of methoxy groups -OCH3 is 1. The van der Waals surface area contributed by atoms with Gasteiger partial charge < -0.3 is 14.2 Å². The summed E-state index contributed by atoms with van der Waals surface area (Å²) < 4.78 is 15.1. The summed E-state index contributed by atoms with van der Waals surface area (Å²) in [7, 11) is 1.31. The number of ether oxygens (including phenoxy) is 3. The van der Waals surface area contributed by atoms with Crippen molar-refractivity contribution in [1.29, 1.82) is 0 Å². The summed E-state index contributed by atoms with van der Waals surface area (Å²) in [5, 5.41) is 0.588. The van der Waals surface area contributed by atoms with Gasteiger partial charge in [-0.1, -0.05) is 41.9 Å². The van der Waals surface area contributed by atoms with Gasteiger partial charge in [0.2, 0.25) is 0 Å². The van der Waals surface area contributed by atoms with Crippen LogP contribution in [0.1, 0.15) is 21.5 Å².